The highest BCUT2D eigenvalue weighted by atomic mass is 16.2. The van der Waals surface area contributed by atoms with Gasteiger partial charge in [0.25, 0.3) is 0 Å². The van der Waals surface area contributed by atoms with E-state index in [4.69, 9.17) is 9.97 Å². The molecular formula is C22H35N5O. The van der Waals surface area contributed by atoms with Crippen LogP contribution in [0.1, 0.15) is 81.4 Å². The molecule has 2 fully saturated rings. The summed E-state index contributed by atoms with van der Waals surface area (Å²) in [7, 11) is 1.93. The van der Waals surface area contributed by atoms with E-state index in [2.05, 4.69) is 10.2 Å². The number of carbonyl (C=O) groups is 1. The van der Waals surface area contributed by atoms with Gasteiger partial charge < -0.3 is 10.2 Å². The van der Waals surface area contributed by atoms with Gasteiger partial charge in [0, 0.05) is 39.0 Å². The molecule has 6 nitrogen and oxygen atoms in total. The molecular weight excluding hydrogens is 350 g/mol. The minimum atomic E-state index is 0.128. The van der Waals surface area contributed by atoms with Crippen LogP contribution in [0, 0.1) is 5.92 Å². The molecule has 1 saturated heterocycles. The number of piperidine rings is 1. The van der Waals surface area contributed by atoms with Gasteiger partial charge in [-0.05, 0) is 38.1 Å². The van der Waals surface area contributed by atoms with Crippen LogP contribution in [0.4, 0.5) is 5.82 Å². The van der Waals surface area contributed by atoms with Crippen molar-refractivity contribution in [1.82, 2.24) is 19.8 Å². The van der Waals surface area contributed by atoms with E-state index in [1.54, 1.807) is 6.92 Å². The number of aromatic nitrogens is 2. The lowest BCUT2D eigenvalue weighted by Crippen LogP contribution is -2.39. The van der Waals surface area contributed by atoms with E-state index in [0.29, 0.717) is 12.6 Å². The van der Waals surface area contributed by atoms with Crippen LogP contribution in [0.5, 0.6) is 0 Å². The van der Waals surface area contributed by atoms with Crippen LogP contribution < -0.4 is 5.32 Å². The summed E-state index contributed by atoms with van der Waals surface area (Å²) in [5.41, 5.74) is 2.23. The number of anilines is 1. The molecule has 0 spiro atoms. The molecule has 1 aromatic rings. The van der Waals surface area contributed by atoms with Crippen molar-refractivity contribution in [2.75, 3.05) is 32.0 Å². The number of hydrogen-bond donors (Lipinski definition) is 1. The predicted molar refractivity (Wildman–Crippen MR) is 111 cm³/mol. The first-order chi connectivity index (χ1) is 13.7. The minimum absolute atomic E-state index is 0.128. The second-order valence-electron chi connectivity index (χ2n) is 8.81. The topological polar surface area (TPSA) is 61.4 Å². The summed E-state index contributed by atoms with van der Waals surface area (Å²) >= 11 is 0. The molecule has 4 rings (SSSR count). The molecule has 1 aromatic heterocycles. The molecule has 1 amide bonds. The molecule has 3 aliphatic rings. The Morgan fingerprint density at radius 3 is 2.61 bits per heavy atom. The smallest absolute Gasteiger partial charge is 0.219 e. The highest BCUT2D eigenvalue weighted by molar-refractivity contribution is 5.74. The second-order valence-corrected chi connectivity index (χ2v) is 8.81. The van der Waals surface area contributed by atoms with E-state index in [1.165, 1.54) is 58.0 Å². The van der Waals surface area contributed by atoms with Gasteiger partial charge in [-0.25, -0.2) is 9.97 Å². The third kappa shape index (κ3) is 4.17. The lowest BCUT2D eigenvalue weighted by molar-refractivity contribution is -0.129. The van der Waals surface area contributed by atoms with Gasteiger partial charge in [0.2, 0.25) is 5.91 Å². The van der Waals surface area contributed by atoms with Crippen LogP contribution in [0.3, 0.4) is 0 Å². The van der Waals surface area contributed by atoms with Gasteiger partial charge in [-0.1, -0.05) is 25.7 Å². The third-order valence-electron chi connectivity index (χ3n) is 6.89. The quantitative estimate of drug-likeness (QED) is 0.859. The van der Waals surface area contributed by atoms with Crippen molar-refractivity contribution in [3.8, 4) is 0 Å². The van der Waals surface area contributed by atoms with Crippen LogP contribution in [0.25, 0.3) is 0 Å². The van der Waals surface area contributed by atoms with Crippen LogP contribution in [-0.4, -0.2) is 52.4 Å². The van der Waals surface area contributed by atoms with Gasteiger partial charge in [-0.2, -0.15) is 0 Å². The Balaban J connectivity index is 1.57. The van der Waals surface area contributed by atoms with Crippen LogP contribution in [0.2, 0.25) is 0 Å². The molecule has 2 aliphatic heterocycles. The molecule has 0 unspecified atom stereocenters. The summed E-state index contributed by atoms with van der Waals surface area (Å²) in [5, 5.41) is 3.28. The highest BCUT2D eigenvalue weighted by Crippen LogP contribution is 2.34. The zero-order valence-electron chi connectivity index (χ0n) is 17.5. The molecule has 1 saturated carbocycles. The minimum Gasteiger partial charge on any atom is -0.373 e. The zero-order chi connectivity index (χ0) is 19.5. The SMILES string of the molecule is CNc1nc([C@H]2CCCCN2CC2CCCCC2)nc2c1CN(C(C)=O)CC2. The molecule has 1 N–H and O–H groups in total. The van der Waals surface area contributed by atoms with Crippen molar-refractivity contribution >= 4 is 11.7 Å². The molecule has 0 aromatic carbocycles. The van der Waals surface area contributed by atoms with Crippen LogP contribution in [-0.2, 0) is 17.8 Å². The second kappa shape index (κ2) is 8.76. The first-order valence-electron chi connectivity index (χ1n) is 11.2. The maximum Gasteiger partial charge on any atom is 0.219 e. The normalized spacial score (nSPS) is 24.1. The van der Waals surface area contributed by atoms with E-state index in [0.717, 1.165) is 48.2 Å². The molecule has 3 heterocycles. The largest absolute Gasteiger partial charge is 0.373 e. The van der Waals surface area contributed by atoms with Crippen molar-refractivity contribution in [2.24, 2.45) is 5.92 Å². The number of amides is 1. The Morgan fingerprint density at radius 2 is 1.86 bits per heavy atom. The average molecular weight is 386 g/mol. The van der Waals surface area contributed by atoms with Crippen molar-refractivity contribution < 1.29 is 4.79 Å². The van der Waals surface area contributed by atoms with Gasteiger partial charge in [0.15, 0.2) is 0 Å². The third-order valence-corrected chi connectivity index (χ3v) is 6.89. The predicted octanol–water partition coefficient (Wildman–Crippen LogP) is 3.53. The fraction of sp³-hybridized carbons (Fsp3) is 0.773. The average Bonchev–Trinajstić information content (AvgIpc) is 2.73. The molecule has 1 atom stereocenters. The van der Waals surface area contributed by atoms with E-state index in [9.17, 15) is 4.79 Å². The lowest BCUT2D eigenvalue weighted by atomic mass is 9.87. The van der Waals surface area contributed by atoms with E-state index < -0.39 is 0 Å². The summed E-state index contributed by atoms with van der Waals surface area (Å²) in [6.07, 6.45) is 11.5. The first kappa shape index (κ1) is 19.6. The van der Waals surface area contributed by atoms with E-state index in [-0.39, 0.29) is 5.91 Å². The maximum absolute atomic E-state index is 11.8. The Bertz CT molecular complexity index is 683. The van der Waals surface area contributed by atoms with Crippen molar-refractivity contribution in [3.05, 3.63) is 17.1 Å². The molecule has 1 aliphatic carbocycles. The van der Waals surface area contributed by atoms with E-state index in [1.807, 2.05) is 11.9 Å². The summed E-state index contributed by atoms with van der Waals surface area (Å²) in [5.74, 6) is 2.88. The first-order valence-corrected chi connectivity index (χ1v) is 11.2. The Kier molecular flexibility index (Phi) is 6.14. The highest BCUT2D eigenvalue weighted by Gasteiger charge is 2.31. The number of fused-ring (bicyclic) bond motifs is 1. The van der Waals surface area contributed by atoms with Gasteiger partial charge in [-0.15, -0.1) is 0 Å². The monoisotopic (exact) mass is 385 g/mol. The number of carbonyl (C=O) groups excluding carboxylic acids is 1. The molecule has 28 heavy (non-hydrogen) atoms. The van der Waals surface area contributed by atoms with Crippen molar-refractivity contribution in [3.63, 3.8) is 0 Å². The number of likely N-dealkylation sites (tertiary alicyclic amines) is 1. The molecule has 6 heteroatoms. The maximum atomic E-state index is 11.8. The summed E-state index contributed by atoms with van der Waals surface area (Å²) in [4.78, 5) is 26.4. The van der Waals surface area contributed by atoms with Gasteiger partial charge in [0.05, 0.1) is 18.3 Å². The summed E-state index contributed by atoms with van der Waals surface area (Å²) in [6, 6.07) is 0.346. The van der Waals surface area contributed by atoms with Crippen molar-refractivity contribution in [1.29, 1.82) is 0 Å². The lowest BCUT2D eigenvalue weighted by Gasteiger charge is -2.38. The van der Waals surface area contributed by atoms with E-state index >= 15 is 0 Å². The fourth-order valence-electron chi connectivity index (χ4n) is 5.26. The molecule has 154 valence electrons. The van der Waals surface area contributed by atoms with Gasteiger partial charge in [0.1, 0.15) is 11.6 Å². The number of nitrogens with one attached hydrogen (secondary N) is 1. The van der Waals surface area contributed by atoms with Gasteiger partial charge in [-0.3, -0.25) is 9.69 Å². The van der Waals surface area contributed by atoms with Gasteiger partial charge >= 0.3 is 0 Å². The number of nitrogens with zero attached hydrogens (tertiary/aromatic N) is 4. The molecule has 0 radical (unpaired) electrons. The zero-order valence-corrected chi connectivity index (χ0v) is 17.5. The number of hydrogen-bond acceptors (Lipinski definition) is 5. The summed E-state index contributed by atoms with van der Waals surface area (Å²) < 4.78 is 0. The Hall–Kier alpha value is -1.69. The van der Waals surface area contributed by atoms with Crippen LogP contribution >= 0.6 is 0 Å². The molecule has 0 bridgehead atoms. The number of rotatable bonds is 4. The van der Waals surface area contributed by atoms with Crippen molar-refractivity contribution in [2.45, 2.75) is 77.3 Å². The Morgan fingerprint density at radius 1 is 1.07 bits per heavy atom. The Labute approximate surface area is 169 Å². The standard InChI is InChI=1S/C22H35N5O/c1-16(28)26-13-11-19-18(15-26)21(23-2)25-22(24-19)20-10-6-7-12-27(20)14-17-8-4-3-5-9-17/h17,20H,3-15H2,1-2H3,(H,23,24,25)/t20-/m1/s1. The van der Waals surface area contributed by atoms with Crippen LogP contribution in [0.15, 0.2) is 0 Å². The fourth-order valence-corrected chi connectivity index (χ4v) is 5.26. The summed E-state index contributed by atoms with van der Waals surface area (Å²) in [6.45, 7) is 5.41.